The van der Waals surface area contributed by atoms with Crippen LogP contribution in [-0.4, -0.2) is 26.6 Å². The van der Waals surface area contributed by atoms with Crippen molar-refractivity contribution in [2.45, 2.75) is 24.8 Å². The van der Waals surface area contributed by atoms with Gasteiger partial charge in [-0.25, -0.2) is 0 Å². The molecule has 0 spiro atoms. The summed E-state index contributed by atoms with van der Waals surface area (Å²) in [6.45, 7) is 5.06. The Morgan fingerprint density at radius 3 is 1.90 bits per heavy atom. The van der Waals surface area contributed by atoms with Gasteiger partial charge in [0.1, 0.15) is 10.6 Å². The van der Waals surface area contributed by atoms with Gasteiger partial charge in [0.15, 0.2) is 0 Å². The van der Waals surface area contributed by atoms with Gasteiger partial charge in [-0.1, -0.05) is 73.2 Å². The zero-order valence-corrected chi connectivity index (χ0v) is 17.5. The van der Waals surface area contributed by atoms with Gasteiger partial charge in [0.2, 0.25) is 0 Å². The minimum Gasteiger partial charge on any atom is -0.387 e. The molecule has 0 heterocycles. The molecule has 29 heavy (non-hydrogen) atoms. The number of hydrogen-bond acceptors (Lipinski definition) is 5. The van der Waals surface area contributed by atoms with Crippen molar-refractivity contribution in [3.63, 3.8) is 0 Å². The topological polar surface area (TPSA) is 75.6 Å². The van der Waals surface area contributed by atoms with Crippen LogP contribution in [0.4, 0.5) is 0 Å². The number of aliphatic hydroxyl groups is 1. The van der Waals surface area contributed by atoms with E-state index in [2.05, 4.69) is 5.32 Å². The third kappa shape index (κ3) is 7.69. The van der Waals surface area contributed by atoms with Crippen molar-refractivity contribution in [2.24, 2.45) is 0 Å². The van der Waals surface area contributed by atoms with Crippen molar-refractivity contribution in [2.75, 3.05) is 13.1 Å². The molecule has 0 unspecified atom stereocenters. The van der Waals surface area contributed by atoms with Gasteiger partial charge in [0.25, 0.3) is 0 Å². The summed E-state index contributed by atoms with van der Waals surface area (Å²) in [6.07, 6.45) is -0.641. The van der Waals surface area contributed by atoms with Crippen LogP contribution in [0, 0.1) is 6.92 Å². The standard InChI is InChI=1S/C17H21NO4S.C6H6/c1-3-18-12-17(19)14-6-8-15(9-7-14)22-23(20,21)16-10-4-13(2)5-11-16;1-2-4-6-5-3-1/h4-11,17-19H,3,12H2,1-2H3;1-6H/t17-;/m1./s1. The van der Waals surface area contributed by atoms with Crippen molar-refractivity contribution in [1.29, 1.82) is 0 Å². The summed E-state index contributed by atoms with van der Waals surface area (Å²) < 4.78 is 29.5. The zero-order valence-electron chi connectivity index (χ0n) is 16.7. The first-order valence-corrected chi connectivity index (χ1v) is 10.8. The van der Waals surface area contributed by atoms with Crippen LogP contribution in [0.3, 0.4) is 0 Å². The van der Waals surface area contributed by atoms with E-state index in [-0.39, 0.29) is 10.6 Å². The van der Waals surface area contributed by atoms with Crippen LogP contribution in [0.25, 0.3) is 0 Å². The first-order valence-electron chi connectivity index (χ1n) is 9.42. The Kier molecular flexibility index (Phi) is 8.86. The van der Waals surface area contributed by atoms with Gasteiger partial charge >= 0.3 is 10.1 Å². The van der Waals surface area contributed by atoms with Crippen molar-refractivity contribution < 1.29 is 17.7 Å². The lowest BCUT2D eigenvalue weighted by Gasteiger charge is -2.12. The second-order valence-corrected chi connectivity index (χ2v) is 7.94. The Labute approximate surface area is 173 Å². The fourth-order valence-electron chi connectivity index (χ4n) is 2.41. The van der Waals surface area contributed by atoms with E-state index in [9.17, 15) is 13.5 Å². The highest BCUT2D eigenvalue weighted by Gasteiger charge is 2.16. The number of hydrogen-bond donors (Lipinski definition) is 2. The highest BCUT2D eigenvalue weighted by atomic mass is 32.2. The molecular formula is C23H27NO4S. The molecular weight excluding hydrogens is 386 g/mol. The SMILES string of the molecule is CCNC[C@@H](O)c1ccc(OS(=O)(=O)c2ccc(C)cc2)cc1.c1ccccc1. The predicted molar refractivity (Wildman–Crippen MR) is 115 cm³/mol. The lowest BCUT2D eigenvalue weighted by molar-refractivity contribution is 0.175. The summed E-state index contributed by atoms with van der Waals surface area (Å²) in [4.78, 5) is 0.111. The summed E-state index contributed by atoms with van der Waals surface area (Å²) in [5.74, 6) is 0.213. The van der Waals surface area contributed by atoms with Gasteiger partial charge in [-0.3, -0.25) is 0 Å². The molecule has 0 radical (unpaired) electrons. The van der Waals surface area contributed by atoms with Crippen LogP contribution >= 0.6 is 0 Å². The van der Waals surface area contributed by atoms with E-state index in [1.165, 1.54) is 24.3 Å². The molecule has 0 aliphatic heterocycles. The van der Waals surface area contributed by atoms with Crippen LogP contribution < -0.4 is 9.50 Å². The van der Waals surface area contributed by atoms with Gasteiger partial charge < -0.3 is 14.6 Å². The third-order valence-corrected chi connectivity index (χ3v) is 5.30. The highest BCUT2D eigenvalue weighted by molar-refractivity contribution is 7.87. The molecule has 0 saturated carbocycles. The first-order chi connectivity index (χ1) is 13.9. The maximum Gasteiger partial charge on any atom is 0.339 e. The van der Waals surface area contributed by atoms with Crippen LogP contribution in [0.1, 0.15) is 24.2 Å². The number of aryl methyl sites for hydroxylation is 1. The van der Waals surface area contributed by atoms with Gasteiger partial charge in [-0.05, 0) is 43.3 Å². The van der Waals surface area contributed by atoms with Crippen LogP contribution in [0.5, 0.6) is 5.75 Å². The fourth-order valence-corrected chi connectivity index (χ4v) is 3.34. The summed E-state index contributed by atoms with van der Waals surface area (Å²) in [6, 6.07) is 24.8. The normalized spacial score (nSPS) is 11.8. The van der Waals surface area contributed by atoms with E-state index in [0.717, 1.165) is 12.1 Å². The number of likely N-dealkylation sites (N-methyl/N-ethyl adjacent to an activating group) is 1. The van der Waals surface area contributed by atoms with Crippen LogP contribution in [0.15, 0.2) is 89.8 Å². The molecule has 3 aromatic rings. The average Bonchev–Trinajstić information content (AvgIpc) is 2.74. The Hall–Kier alpha value is -2.67. The molecule has 2 N–H and O–H groups in total. The smallest absolute Gasteiger partial charge is 0.339 e. The first kappa shape index (κ1) is 22.6. The van der Waals surface area contributed by atoms with E-state index in [0.29, 0.717) is 12.1 Å². The van der Waals surface area contributed by atoms with Crippen molar-refractivity contribution >= 4 is 10.1 Å². The number of benzene rings is 3. The predicted octanol–water partition coefficient (Wildman–Crippen LogP) is 4.09. The molecule has 0 fully saturated rings. The molecule has 0 aliphatic rings. The van der Waals surface area contributed by atoms with Crippen LogP contribution in [-0.2, 0) is 10.1 Å². The van der Waals surface area contributed by atoms with Gasteiger partial charge in [-0.15, -0.1) is 0 Å². The fraction of sp³-hybridized carbons (Fsp3) is 0.217. The van der Waals surface area contributed by atoms with E-state index >= 15 is 0 Å². The lowest BCUT2D eigenvalue weighted by Crippen LogP contribution is -2.20. The minimum absolute atomic E-state index is 0.111. The monoisotopic (exact) mass is 413 g/mol. The number of nitrogens with one attached hydrogen (secondary N) is 1. The quantitative estimate of drug-likeness (QED) is 0.571. The molecule has 1 atom stereocenters. The Morgan fingerprint density at radius 2 is 1.41 bits per heavy atom. The maximum absolute atomic E-state index is 12.2. The Balaban J connectivity index is 0.000000426. The molecule has 0 amide bonds. The van der Waals surface area contributed by atoms with Gasteiger partial charge in [0, 0.05) is 6.54 Å². The number of aliphatic hydroxyl groups excluding tert-OH is 1. The molecule has 154 valence electrons. The third-order valence-electron chi connectivity index (χ3n) is 4.03. The maximum atomic E-state index is 12.2. The van der Waals surface area contributed by atoms with Crippen molar-refractivity contribution in [3.05, 3.63) is 96.1 Å². The molecule has 0 aliphatic carbocycles. The molecule has 3 aromatic carbocycles. The molecule has 0 bridgehead atoms. The van der Waals surface area contributed by atoms with Gasteiger partial charge in [0.05, 0.1) is 6.10 Å². The van der Waals surface area contributed by atoms with E-state index in [1.807, 2.05) is 50.2 Å². The number of rotatable bonds is 7. The van der Waals surface area contributed by atoms with E-state index < -0.39 is 16.2 Å². The van der Waals surface area contributed by atoms with E-state index in [4.69, 9.17) is 4.18 Å². The van der Waals surface area contributed by atoms with Gasteiger partial charge in [-0.2, -0.15) is 8.42 Å². The molecule has 0 saturated heterocycles. The minimum atomic E-state index is -3.85. The van der Waals surface area contributed by atoms with Crippen molar-refractivity contribution in [3.8, 4) is 5.75 Å². The summed E-state index contributed by atoms with van der Waals surface area (Å²) in [7, 11) is -3.85. The summed E-state index contributed by atoms with van der Waals surface area (Å²) >= 11 is 0. The molecule has 3 rings (SSSR count). The highest BCUT2D eigenvalue weighted by Crippen LogP contribution is 2.21. The summed E-state index contributed by atoms with van der Waals surface area (Å²) in [5, 5.41) is 13.0. The van der Waals surface area contributed by atoms with E-state index in [1.54, 1.807) is 24.3 Å². The van der Waals surface area contributed by atoms with Crippen LogP contribution in [0.2, 0.25) is 0 Å². The molecule has 6 heteroatoms. The molecule has 5 nitrogen and oxygen atoms in total. The Bertz CT molecular complexity index is 914. The Morgan fingerprint density at radius 1 is 0.897 bits per heavy atom. The molecule has 0 aromatic heterocycles. The second-order valence-electron chi connectivity index (χ2n) is 6.40. The lowest BCUT2D eigenvalue weighted by atomic mass is 10.1. The second kappa shape index (κ2) is 11.4. The average molecular weight is 414 g/mol. The largest absolute Gasteiger partial charge is 0.387 e. The zero-order chi connectivity index (χ0) is 21.1. The summed E-state index contributed by atoms with van der Waals surface area (Å²) in [5.41, 5.74) is 1.68. The van der Waals surface area contributed by atoms with Crippen molar-refractivity contribution in [1.82, 2.24) is 5.32 Å².